The van der Waals surface area contributed by atoms with Crippen molar-refractivity contribution < 1.29 is 4.74 Å². The third-order valence-electron chi connectivity index (χ3n) is 1.92. The summed E-state index contributed by atoms with van der Waals surface area (Å²) in [5.41, 5.74) is 5.87. The zero-order valence-corrected chi connectivity index (χ0v) is 10.2. The van der Waals surface area contributed by atoms with Crippen LogP contribution in [0.4, 0.5) is 0 Å². The number of ether oxygens (including phenoxy) is 1. The molecule has 0 amide bonds. The zero-order valence-electron chi connectivity index (χ0n) is 8.63. The van der Waals surface area contributed by atoms with Crippen molar-refractivity contribution in [2.75, 3.05) is 0 Å². The van der Waals surface area contributed by atoms with E-state index in [0.29, 0.717) is 22.3 Å². The summed E-state index contributed by atoms with van der Waals surface area (Å²) in [5, 5.41) is 0.646. The summed E-state index contributed by atoms with van der Waals surface area (Å²) < 4.78 is 5.45. The predicted molar refractivity (Wildman–Crippen MR) is 69.4 cm³/mol. The molecule has 0 aliphatic rings. The minimum absolute atomic E-state index is 0.204. The Balaban J connectivity index is 2.13. The second kappa shape index (κ2) is 5.07. The average molecular weight is 266 g/mol. The van der Waals surface area contributed by atoms with Crippen LogP contribution in [0, 0.1) is 0 Å². The zero-order chi connectivity index (χ0) is 12.3. The first kappa shape index (κ1) is 11.8. The van der Waals surface area contributed by atoms with Crippen LogP contribution in [-0.4, -0.2) is 15.0 Å². The highest BCUT2D eigenvalue weighted by Crippen LogP contribution is 2.20. The number of hydrogen-bond donors (Lipinski definition) is 1. The van der Waals surface area contributed by atoms with Crippen LogP contribution in [0.1, 0.15) is 5.69 Å². The summed E-state index contributed by atoms with van der Waals surface area (Å²) in [7, 11) is 0. The standard InChI is InChI=1S/C11H8ClN3OS/c12-7-1-3-8(4-2-7)16-10-6-14-9(5-15-10)11(13)17/h1-6H,(H2,13,17). The maximum atomic E-state index is 5.76. The minimum Gasteiger partial charge on any atom is -0.438 e. The van der Waals surface area contributed by atoms with Gasteiger partial charge >= 0.3 is 0 Å². The van der Waals surface area contributed by atoms with E-state index in [1.54, 1.807) is 24.3 Å². The van der Waals surface area contributed by atoms with E-state index in [2.05, 4.69) is 9.97 Å². The van der Waals surface area contributed by atoms with Crippen LogP contribution in [0.3, 0.4) is 0 Å². The van der Waals surface area contributed by atoms with Crippen LogP contribution in [0.5, 0.6) is 11.6 Å². The van der Waals surface area contributed by atoms with Crippen molar-refractivity contribution in [3.8, 4) is 11.6 Å². The molecule has 1 aromatic carbocycles. The third kappa shape index (κ3) is 3.12. The van der Waals surface area contributed by atoms with Gasteiger partial charge in [-0.05, 0) is 24.3 Å². The van der Waals surface area contributed by atoms with Crippen molar-refractivity contribution in [1.29, 1.82) is 0 Å². The van der Waals surface area contributed by atoms with Crippen molar-refractivity contribution in [3.63, 3.8) is 0 Å². The molecule has 86 valence electrons. The van der Waals surface area contributed by atoms with E-state index < -0.39 is 0 Å². The molecule has 1 aromatic heterocycles. The van der Waals surface area contributed by atoms with Gasteiger partial charge in [-0.25, -0.2) is 9.97 Å². The molecule has 4 nitrogen and oxygen atoms in total. The first-order valence-electron chi connectivity index (χ1n) is 4.70. The normalized spacial score (nSPS) is 9.94. The van der Waals surface area contributed by atoms with E-state index in [-0.39, 0.29) is 4.99 Å². The summed E-state index contributed by atoms with van der Waals surface area (Å²) in [4.78, 5) is 8.25. The molecule has 0 radical (unpaired) electrons. The number of halogens is 1. The SMILES string of the molecule is NC(=S)c1cnc(Oc2ccc(Cl)cc2)cn1. The quantitative estimate of drug-likeness (QED) is 0.865. The van der Waals surface area contributed by atoms with Crippen molar-refractivity contribution >= 4 is 28.8 Å². The molecule has 2 aromatic rings. The van der Waals surface area contributed by atoms with Crippen LogP contribution in [-0.2, 0) is 0 Å². The molecule has 0 fully saturated rings. The van der Waals surface area contributed by atoms with Gasteiger partial charge in [0.15, 0.2) is 0 Å². The highest BCUT2D eigenvalue weighted by atomic mass is 35.5. The Hall–Kier alpha value is -1.72. The minimum atomic E-state index is 0.204. The van der Waals surface area contributed by atoms with Gasteiger partial charge in [0.05, 0.1) is 12.4 Å². The molecule has 0 aliphatic carbocycles. The Bertz CT molecular complexity index is 527. The monoisotopic (exact) mass is 265 g/mol. The van der Waals surface area contributed by atoms with E-state index in [1.165, 1.54) is 12.4 Å². The van der Waals surface area contributed by atoms with Crippen molar-refractivity contribution in [3.05, 3.63) is 47.4 Å². The first-order valence-corrected chi connectivity index (χ1v) is 5.49. The number of benzene rings is 1. The molecule has 0 saturated carbocycles. The lowest BCUT2D eigenvalue weighted by atomic mass is 10.3. The van der Waals surface area contributed by atoms with Crippen molar-refractivity contribution in [1.82, 2.24) is 9.97 Å². The number of rotatable bonds is 3. The van der Waals surface area contributed by atoms with Crippen molar-refractivity contribution in [2.45, 2.75) is 0 Å². The Morgan fingerprint density at radius 2 is 1.88 bits per heavy atom. The fourth-order valence-electron chi connectivity index (χ4n) is 1.12. The van der Waals surface area contributed by atoms with Gasteiger partial charge in [-0.1, -0.05) is 23.8 Å². The summed E-state index contributed by atoms with van der Waals surface area (Å²) in [6, 6.07) is 6.94. The maximum Gasteiger partial charge on any atom is 0.237 e. The molecular formula is C11H8ClN3OS. The van der Waals surface area contributed by atoms with E-state index in [1.807, 2.05) is 0 Å². The number of nitrogens with two attached hydrogens (primary N) is 1. The van der Waals surface area contributed by atoms with Gasteiger partial charge in [-0.3, -0.25) is 0 Å². The lowest BCUT2D eigenvalue weighted by Crippen LogP contribution is -2.11. The molecule has 0 unspecified atom stereocenters. The average Bonchev–Trinajstić information content (AvgIpc) is 2.33. The first-order chi connectivity index (χ1) is 8.15. The molecule has 0 bridgehead atoms. The fourth-order valence-corrected chi connectivity index (χ4v) is 1.35. The molecule has 2 rings (SSSR count). The number of hydrogen-bond acceptors (Lipinski definition) is 4. The van der Waals surface area contributed by atoms with Gasteiger partial charge in [0.2, 0.25) is 5.88 Å². The van der Waals surface area contributed by atoms with Gasteiger partial charge in [0.25, 0.3) is 0 Å². The maximum absolute atomic E-state index is 5.76. The highest BCUT2D eigenvalue weighted by Gasteiger charge is 2.02. The molecular weight excluding hydrogens is 258 g/mol. The second-order valence-corrected chi connectivity index (χ2v) is 4.04. The van der Waals surface area contributed by atoms with Gasteiger partial charge < -0.3 is 10.5 Å². The molecule has 0 aliphatic heterocycles. The highest BCUT2D eigenvalue weighted by molar-refractivity contribution is 7.80. The fraction of sp³-hybridized carbons (Fsp3) is 0. The Morgan fingerprint density at radius 3 is 2.41 bits per heavy atom. The summed E-state index contributed by atoms with van der Waals surface area (Å²) in [6.45, 7) is 0. The molecule has 0 spiro atoms. The molecule has 2 N–H and O–H groups in total. The topological polar surface area (TPSA) is 61.0 Å². The number of thiocarbonyl (C=S) groups is 1. The van der Waals surface area contributed by atoms with E-state index in [4.69, 9.17) is 34.3 Å². The van der Waals surface area contributed by atoms with Gasteiger partial charge in [-0.15, -0.1) is 0 Å². The molecule has 17 heavy (non-hydrogen) atoms. The van der Waals surface area contributed by atoms with Crippen LogP contribution in [0.25, 0.3) is 0 Å². The molecule has 1 heterocycles. The van der Waals surface area contributed by atoms with E-state index >= 15 is 0 Å². The lowest BCUT2D eigenvalue weighted by Gasteiger charge is -2.04. The van der Waals surface area contributed by atoms with Crippen LogP contribution >= 0.6 is 23.8 Å². The van der Waals surface area contributed by atoms with Gasteiger partial charge in [-0.2, -0.15) is 0 Å². The molecule has 0 saturated heterocycles. The number of nitrogens with zero attached hydrogens (tertiary/aromatic N) is 2. The van der Waals surface area contributed by atoms with E-state index in [0.717, 1.165) is 0 Å². The van der Waals surface area contributed by atoms with Gasteiger partial charge in [0.1, 0.15) is 16.4 Å². The second-order valence-electron chi connectivity index (χ2n) is 3.16. The Morgan fingerprint density at radius 1 is 1.18 bits per heavy atom. The lowest BCUT2D eigenvalue weighted by molar-refractivity contribution is 0.460. The Kier molecular flexibility index (Phi) is 3.51. The largest absolute Gasteiger partial charge is 0.438 e. The third-order valence-corrected chi connectivity index (χ3v) is 2.38. The smallest absolute Gasteiger partial charge is 0.237 e. The number of aromatic nitrogens is 2. The molecule has 0 atom stereocenters. The van der Waals surface area contributed by atoms with Crippen molar-refractivity contribution in [2.24, 2.45) is 5.73 Å². The summed E-state index contributed by atoms with van der Waals surface area (Å²) in [6.07, 6.45) is 2.93. The van der Waals surface area contributed by atoms with Crippen LogP contribution < -0.4 is 10.5 Å². The van der Waals surface area contributed by atoms with Gasteiger partial charge in [0, 0.05) is 5.02 Å². The Labute approximate surface area is 108 Å². The predicted octanol–water partition coefficient (Wildman–Crippen LogP) is 2.56. The van der Waals surface area contributed by atoms with E-state index in [9.17, 15) is 0 Å². The summed E-state index contributed by atoms with van der Waals surface area (Å²) >= 11 is 10.5. The summed E-state index contributed by atoms with van der Waals surface area (Å²) in [5.74, 6) is 0.999. The van der Waals surface area contributed by atoms with Crippen LogP contribution in [0.2, 0.25) is 5.02 Å². The molecule has 6 heteroatoms. The van der Waals surface area contributed by atoms with Crippen LogP contribution in [0.15, 0.2) is 36.7 Å².